The number of carbonyl (C=O) groups excluding carboxylic acids is 2. The van der Waals surface area contributed by atoms with Crippen LogP contribution in [0.15, 0.2) is 59.1 Å². The lowest BCUT2D eigenvalue weighted by molar-refractivity contribution is -0.116. The Morgan fingerprint density at radius 2 is 1.85 bits per heavy atom. The van der Waals surface area contributed by atoms with Crippen LogP contribution < -0.4 is 10.6 Å². The van der Waals surface area contributed by atoms with Gasteiger partial charge in [0.1, 0.15) is 0 Å². The Kier molecular flexibility index (Phi) is 5.88. The minimum Gasteiger partial charge on any atom is -0.441 e. The van der Waals surface area contributed by atoms with Crippen molar-refractivity contribution in [3.8, 4) is 11.3 Å². The summed E-state index contributed by atoms with van der Waals surface area (Å²) >= 11 is 6.15. The van der Waals surface area contributed by atoms with Crippen LogP contribution >= 0.6 is 11.6 Å². The summed E-state index contributed by atoms with van der Waals surface area (Å²) in [5, 5.41) is 5.91. The van der Waals surface area contributed by atoms with Crippen LogP contribution in [0.4, 0.5) is 5.69 Å². The number of carbonyl (C=O) groups is 2. The average molecular weight is 384 g/mol. The van der Waals surface area contributed by atoms with Crippen molar-refractivity contribution in [1.29, 1.82) is 0 Å². The Hall–Kier alpha value is -3.12. The third-order valence-electron chi connectivity index (χ3n) is 3.92. The lowest BCUT2D eigenvalue weighted by Gasteiger charge is -2.05. The van der Waals surface area contributed by atoms with Gasteiger partial charge in [-0.1, -0.05) is 23.7 Å². The molecule has 0 aliphatic carbocycles. The second-order valence-electron chi connectivity index (χ2n) is 5.80. The topological polar surface area (TPSA) is 84.2 Å². The third-order valence-corrected chi connectivity index (χ3v) is 4.25. The molecule has 138 valence electrons. The molecule has 1 heterocycles. The smallest absolute Gasteiger partial charge is 0.251 e. The van der Waals surface area contributed by atoms with Crippen molar-refractivity contribution in [1.82, 2.24) is 10.3 Å². The third kappa shape index (κ3) is 4.74. The fraction of sp³-hybridized carbons (Fsp3) is 0.150. The minimum absolute atomic E-state index is 0.166. The molecule has 1 aromatic heterocycles. The van der Waals surface area contributed by atoms with E-state index in [1.165, 1.54) is 0 Å². The van der Waals surface area contributed by atoms with Crippen LogP contribution in [0.2, 0.25) is 5.02 Å². The average Bonchev–Trinajstić information content (AvgIpc) is 3.15. The molecule has 7 heteroatoms. The van der Waals surface area contributed by atoms with Crippen LogP contribution in [-0.4, -0.2) is 23.8 Å². The number of aryl methyl sites for hydroxylation is 1. The van der Waals surface area contributed by atoms with Gasteiger partial charge >= 0.3 is 0 Å². The second kappa shape index (κ2) is 8.51. The van der Waals surface area contributed by atoms with Crippen molar-refractivity contribution in [3.63, 3.8) is 0 Å². The van der Waals surface area contributed by atoms with Crippen LogP contribution in [0.1, 0.15) is 22.7 Å². The summed E-state index contributed by atoms with van der Waals surface area (Å²) < 4.78 is 5.69. The zero-order chi connectivity index (χ0) is 19.2. The summed E-state index contributed by atoms with van der Waals surface area (Å²) in [5.74, 6) is 0.696. The van der Waals surface area contributed by atoms with Crippen molar-refractivity contribution < 1.29 is 14.0 Å². The van der Waals surface area contributed by atoms with E-state index in [9.17, 15) is 9.59 Å². The van der Waals surface area contributed by atoms with Gasteiger partial charge < -0.3 is 15.1 Å². The standard InChI is InChI=1S/C20H18ClN3O3/c1-22-20(26)13-6-8-14(9-7-13)24-18(25)10-11-19-23-12-17(27-19)15-4-2-3-5-16(15)21/h2-9,12H,10-11H2,1H3,(H,22,26)(H,24,25). The quantitative estimate of drug-likeness (QED) is 0.675. The molecule has 3 rings (SSSR count). The summed E-state index contributed by atoms with van der Waals surface area (Å²) in [7, 11) is 1.57. The Balaban J connectivity index is 1.55. The number of benzene rings is 2. The first kappa shape index (κ1) is 18.7. The molecule has 2 N–H and O–H groups in total. The van der Waals surface area contributed by atoms with Gasteiger partial charge in [0.2, 0.25) is 5.91 Å². The first-order valence-electron chi connectivity index (χ1n) is 8.38. The van der Waals surface area contributed by atoms with Crippen LogP contribution in [0.3, 0.4) is 0 Å². The number of rotatable bonds is 6. The highest BCUT2D eigenvalue weighted by molar-refractivity contribution is 6.33. The van der Waals surface area contributed by atoms with Crippen molar-refractivity contribution in [2.75, 3.05) is 12.4 Å². The van der Waals surface area contributed by atoms with Gasteiger partial charge in [-0.05, 0) is 36.4 Å². The SMILES string of the molecule is CNC(=O)c1ccc(NC(=O)CCc2ncc(-c3ccccc3Cl)o2)cc1. The van der Waals surface area contributed by atoms with Crippen molar-refractivity contribution >= 4 is 29.1 Å². The molecule has 6 nitrogen and oxygen atoms in total. The van der Waals surface area contributed by atoms with E-state index in [1.807, 2.05) is 18.2 Å². The van der Waals surface area contributed by atoms with Gasteiger partial charge in [0, 0.05) is 36.7 Å². The summed E-state index contributed by atoms with van der Waals surface area (Å²) in [4.78, 5) is 27.8. The van der Waals surface area contributed by atoms with E-state index in [1.54, 1.807) is 43.6 Å². The monoisotopic (exact) mass is 383 g/mol. The molecule has 3 aromatic rings. The molecule has 0 bridgehead atoms. The van der Waals surface area contributed by atoms with Crippen LogP contribution in [0.5, 0.6) is 0 Å². The van der Waals surface area contributed by atoms with E-state index in [4.69, 9.17) is 16.0 Å². The normalized spacial score (nSPS) is 10.4. The maximum Gasteiger partial charge on any atom is 0.251 e. The molecular formula is C20H18ClN3O3. The molecule has 0 saturated heterocycles. The van der Waals surface area contributed by atoms with Gasteiger partial charge in [0.05, 0.1) is 11.2 Å². The Morgan fingerprint density at radius 3 is 2.56 bits per heavy atom. The Labute approximate surface area is 161 Å². The molecule has 0 saturated carbocycles. The minimum atomic E-state index is -0.175. The molecule has 0 fully saturated rings. The first-order valence-corrected chi connectivity index (χ1v) is 8.76. The number of halogens is 1. The summed E-state index contributed by atoms with van der Waals surface area (Å²) in [6.07, 6.45) is 2.19. The molecule has 27 heavy (non-hydrogen) atoms. The highest BCUT2D eigenvalue weighted by Gasteiger charge is 2.11. The number of nitrogens with one attached hydrogen (secondary N) is 2. The molecule has 2 aromatic carbocycles. The number of nitrogens with zero attached hydrogens (tertiary/aromatic N) is 1. The largest absolute Gasteiger partial charge is 0.441 e. The van der Waals surface area contributed by atoms with Crippen LogP contribution in [0, 0.1) is 0 Å². The lowest BCUT2D eigenvalue weighted by Crippen LogP contribution is -2.18. The highest BCUT2D eigenvalue weighted by atomic mass is 35.5. The lowest BCUT2D eigenvalue weighted by atomic mass is 10.2. The number of hydrogen-bond acceptors (Lipinski definition) is 4. The van der Waals surface area contributed by atoms with Gasteiger partial charge in [-0.15, -0.1) is 0 Å². The van der Waals surface area contributed by atoms with Crippen LogP contribution in [-0.2, 0) is 11.2 Å². The van der Waals surface area contributed by atoms with Crippen molar-refractivity contribution in [2.45, 2.75) is 12.8 Å². The summed E-state index contributed by atoms with van der Waals surface area (Å²) in [6.45, 7) is 0. The van der Waals surface area contributed by atoms with E-state index in [0.29, 0.717) is 34.3 Å². The Morgan fingerprint density at radius 1 is 1.11 bits per heavy atom. The number of hydrogen-bond donors (Lipinski definition) is 2. The number of anilines is 1. The highest BCUT2D eigenvalue weighted by Crippen LogP contribution is 2.28. The number of amides is 2. The Bertz CT molecular complexity index is 951. The fourth-order valence-electron chi connectivity index (χ4n) is 2.50. The van der Waals surface area contributed by atoms with E-state index < -0.39 is 0 Å². The molecule has 0 aliphatic heterocycles. The zero-order valence-electron chi connectivity index (χ0n) is 14.7. The summed E-state index contributed by atoms with van der Waals surface area (Å²) in [5.41, 5.74) is 1.91. The van der Waals surface area contributed by atoms with Gasteiger partial charge in [0.25, 0.3) is 5.91 Å². The van der Waals surface area contributed by atoms with Gasteiger partial charge in [-0.2, -0.15) is 0 Å². The molecule has 0 atom stereocenters. The number of oxazole rings is 1. The molecule has 0 unspecified atom stereocenters. The first-order chi connectivity index (χ1) is 13.1. The van der Waals surface area contributed by atoms with E-state index in [2.05, 4.69) is 15.6 Å². The summed E-state index contributed by atoms with van der Waals surface area (Å²) in [6, 6.07) is 14.0. The number of aromatic nitrogens is 1. The predicted molar refractivity (Wildman–Crippen MR) is 104 cm³/mol. The fourth-order valence-corrected chi connectivity index (χ4v) is 2.73. The van der Waals surface area contributed by atoms with Gasteiger partial charge in [-0.25, -0.2) is 4.98 Å². The van der Waals surface area contributed by atoms with Gasteiger partial charge in [-0.3, -0.25) is 9.59 Å². The van der Waals surface area contributed by atoms with E-state index in [-0.39, 0.29) is 18.2 Å². The molecule has 0 radical (unpaired) electrons. The molecule has 0 aliphatic rings. The van der Waals surface area contributed by atoms with E-state index in [0.717, 1.165) is 5.56 Å². The van der Waals surface area contributed by atoms with Crippen LogP contribution in [0.25, 0.3) is 11.3 Å². The molecular weight excluding hydrogens is 366 g/mol. The van der Waals surface area contributed by atoms with E-state index >= 15 is 0 Å². The molecule has 0 spiro atoms. The molecule has 2 amide bonds. The zero-order valence-corrected chi connectivity index (χ0v) is 15.4. The maximum absolute atomic E-state index is 12.1. The predicted octanol–water partition coefficient (Wildman–Crippen LogP) is 3.93. The second-order valence-corrected chi connectivity index (χ2v) is 6.21. The van der Waals surface area contributed by atoms with Crippen molar-refractivity contribution in [3.05, 3.63) is 71.2 Å². The maximum atomic E-state index is 12.1. The van der Waals surface area contributed by atoms with Crippen molar-refractivity contribution in [2.24, 2.45) is 0 Å². The van der Waals surface area contributed by atoms with Gasteiger partial charge in [0.15, 0.2) is 11.7 Å².